The Balaban J connectivity index is 1.61. The molecule has 1 saturated heterocycles. The third-order valence-corrected chi connectivity index (χ3v) is 4.10. The molecule has 3 amide bonds. The van der Waals surface area contributed by atoms with Gasteiger partial charge >= 0.3 is 0 Å². The van der Waals surface area contributed by atoms with Gasteiger partial charge in [-0.05, 0) is 12.1 Å². The van der Waals surface area contributed by atoms with Crippen LogP contribution in [0.4, 0.5) is 0 Å². The molecule has 2 aliphatic rings. The quantitative estimate of drug-likeness (QED) is 0.776. The van der Waals surface area contributed by atoms with Gasteiger partial charge in [-0.1, -0.05) is 12.1 Å². The average Bonchev–Trinajstić information content (AvgIpc) is 2.78. The van der Waals surface area contributed by atoms with Crippen molar-refractivity contribution < 1.29 is 19.2 Å². The number of rotatable bonds is 3. The number of ketones is 1. The molecule has 6 nitrogen and oxygen atoms in total. The molecule has 0 aliphatic carbocycles. The van der Waals surface area contributed by atoms with Crippen LogP contribution in [0.3, 0.4) is 0 Å². The molecule has 3 rings (SSSR count). The van der Waals surface area contributed by atoms with Gasteiger partial charge in [-0.25, -0.2) is 0 Å². The lowest BCUT2D eigenvalue weighted by molar-refractivity contribution is -0.134. The predicted molar refractivity (Wildman–Crippen MR) is 77.2 cm³/mol. The second kappa shape index (κ2) is 5.71. The average molecular weight is 300 g/mol. The molecule has 0 spiro atoms. The van der Waals surface area contributed by atoms with Gasteiger partial charge in [0, 0.05) is 38.9 Å². The maximum atomic E-state index is 12.2. The summed E-state index contributed by atoms with van der Waals surface area (Å²) >= 11 is 0. The normalized spacial score (nSPS) is 17.9. The lowest BCUT2D eigenvalue weighted by atomic mass is 10.1. The Morgan fingerprint density at radius 3 is 2.05 bits per heavy atom. The van der Waals surface area contributed by atoms with Crippen LogP contribution in [-0.4, -0.2) is 52.9 Å². The summed E-state index contributed by atoms with van der Waals surface area (Å²) in [6.07, 6.45) is 0.872. The largest absolute Gasteiger partial charge is 0.342 e. The summed E-state index contributed by atoms with van der Waals surface area (Å²) < 4.78 is 0. The van der Waals surface area contributed by atoms with Gasteiger partial charge in [0.05, 0.1) is 11.1 Å². The molecule has 1 aromatic carbocycles. The Hall–Kier alpha value is -2.50. The van der Waals surface area contributed by atoms with Crippen molar-refractivity contribution in [3.05, 3.63) is 35.4 Å². The third kappa shape index (κ3) is 2.52. The molecule has 0 atom stereocenters. The van der Waals surface area contributed by atoms with Crippen LogP contribution in [0.1, 0.15) is 40.0 Å². The summed E-state index contributed by atoms with van der Waals surface area (Å²) in [5.74, 6) is -0.641. The minimum atomic E-state index is -0.345. The van der Waals surface area contributed by atoms with Gasteiger partial charge in [0.2, 0.25) is 5.91 Å². The monoisotopic (exact) mass is 300 g/mol. The van der Waals surface area contributed by atoms with Crippen LogP contribution in [0.25, 0.3) is 0 Å². The number of amides is 3. The van der Waals surface area contributed by atoms with E-state index in [1.165, 1.54) is 0 Å². The molecule has 2 heterocycles. The van der Waals surface area contributed by atoms with E-state index < -0.39 is 0 Å². The van der Waals surface area contributed by atoms with Crippen molar-refractivity contribution in [1.82, 2.24) is 9.80 Å². The van der Waals surface area contributed by atoms with Gasteiger partial charge in [-0.3, -0.25) is 24.1 Å². The van der Waals surface area contributed by atoms with Crippen LogP contribution in [-0.2, 0) is 9.59 Å². The Labute approximate surface area is 127 Å². The second-order valence-electron chi connectivity index (χ2n) is 5.48. The van der Waals surface area contributed by atoms with E-state index in [-0.39, 0.29) is 36.5 Å². The molecule has 0 radical (unpaired) electrons. The lowest BCUT2D eigenvalue weighted by Crippen LogP contribution is -2.41. The number of hydrogen-bond acceptors (Lipinski definition) is 4. The summed E-state index contributed by atoms with van der Waals surface area (Å²) in [6.45, 7) is 0.940. The maximum Gasteiger partial charge on any atom is 0.261 e. The minimum absolute atomic E-state index is 0.0790. The Bertz CT molecular complexity index is 623. The molecular formula is C16H16N2O4. The van der Waals surface area contributed by atoms with Crippen LogP contribution < -0.4 is 0 Å². The fourth-order valence-electron chi connectivity index (χ4n) is 2.81. The highest BCUT2D eigenvalue weighted by molar-refractivity contribution is 6.21. The zero-order valence-corrected chi connectivity index (χ0v) is 12.1. The van der Waals surface area contributed by atoms with Gasteiger partial charge in [-0.2, -0.15) is 0 Å². The maximum absolute atomic E-state index is 12.2. The number of imide groups is 1. The van der Waals surface area contributed by atoms with Crippen molar-refractivity contribution in [2.45, 2.75) is 19.3 Å². The first-order valence-electron chi connectivity index (χ1n) is 7.32. The van der Waals surface area contributed by atoms with Crippen molar-refractivity contribution in [3.63, 3.8) is 0 Å². The predicted octanol–water partition coefficient (Wildman–Crippen LogP) is 0.864. The number of nitrogens with zero attached hydrogens (tertiary/aromatic N) is 2. The highest BCUT2D eigenvalue weighted by atomic mass is 16.2. The first-order valence-corrected chi connectivity index (χ1v) is 7.32. The van der Waals surface area contributed by atoms with E-state index in [0.717, 1.165) is 4.90 Å². The molecule has 1 aromatic rings. The molecule has 0 N–H and O–H groups in total. The standard InChI is InChI=1S/C16H16N2O4/c19-11-5-8-17(9-6-11)14(20)7-10-18-15(21)12-3-1-2-4-13(12)16(18)22/h1-4H,5-10H2. The number of carbonyl (C=O) groups is 4. The van der Waals surface area contributed by atoms with Gasteiger partial charge in [0.25, 0.3) is 11.8 Å². The van der Waals surface area contributed by atoms with E-state index in [4.69, 9.17) is 0 Å². The number of fused-ring (bicyclic) bond motifs is 1. The van der Waals surface area contributed by atoms with Crippen molar-refractivity contribution in [2.75, 3.05) is 19.6 Å². The van der Waals surface area contributed by atoms with Gasteiger partial charge in [0.1, 0.15) is 5.78 Å². The summed E-state index contributed by atoms with van der Waals surface area (Å²) in [6, 6.07) is 6.66. The molecule has 6 heteroatoms. The highest BCUT2D eigenvalue weighted by Crippen LogP contribution is 2.22. The van der Waals surface area contributed by atoms with E-state index in [2.05, 4.69) is 0 Å². The summed E-state index contributed by atoms with van der Waals surface area (Å²) in [4.78, 5) is 50.4. The van der Waals surface area contributed by atoms with Gasteiger partial charge in [-0.15, -0.1) is 0 Å². The Morgan fingerprint density at radius 2 is 1.50 bits per heavy atom. The fraction of sp³-hybridized carbons (Fsp3) is 0.375. The van der Waals surface area contributed by atoms with E-state index in [1.807, 2.05) is 0 Å². The SMILES string of the molecule is O=C1CCN(C(=O)CCN2C(=O)c3ccccc3C2=O)CC1. The number of carbonyl (C=O) groups excluding carboxylic acids is 4. The number of piperidine rings is 1. The number of hydrogen-bond donors (Lipinski definition) is 0. The zero-order valence-electron chi connectivity index (χ0n) is 12.1. The van der Waals surface area contributed by atoms with Crippen molar-refractivity contribution >= 4 is 23.5 Å². The molecule has 114 valence electrons. The lowest BCUT2D eigenvalue weighted by Gasteiger charge is -2.26. The summed E-state index contributed by atoms with van der Waals surface area (Å²) in [5.41, 5.74) is 0.784. The number of Topliss-reactive ketones (excluding diaryl/α,β-unsaturated/α-hetero) is 1. The molecule has 0 saturated carbocycles. The van der Waals surface area contributed by atoms with Crippen LogP contribution >= 0.6 is 0 Å². The van der Waals surface area contributed by atoms with E-state index >= 15 is 0 Å². The van der Waals surface area contributed by atoms with Crippen LogP contribution in [0.15, 0.2) is 24.3 Å². The zero-order chi connectivity index (χ0) is 15.7. The molecule has 2 aliphatic heterocycles. The molecule has 0 bridgehead atoms. The smallest absolute Gasteiger partial charge is 0.261 e. The summed E-state index contributed by atoms with van der Waals surface area (Å²) in [5, 5.41) is 0. The fourth-order valence-corrected chi connectivity index (χ4v) is 2.81. The molecule has 0 aromatic heterocycles. The molecule has 22 heavy (non-hydrogen) atoms. The van der Waals surface area contributed by atoms with Crippen molar-refractivity contribution in [3.8, 4) is 0 Å². The summed E-state index contributed by atoms with van der Waals surface area (Å²) in [7, 11) is 0. The van der Waals surface area contributed by atoms with Crippen LogP contribution in [0.5, 0.6) is 0 Å². The topological polar surface area (TPSA) is 74.8 Å². The Morgan fingerprint density at radius 1 is 0.955 bits per heavy atom. The first-order chi connectivity index (χ1) is 10.6. The van der Waals surface area contributed by atoms with E-state index in [9.17, 15) is 19.2 Å². The van der Waals surface area contributed by atoms with Crippen molar-refractivity contribution in [1.29, 1.82) is 0 Å². The van der Waals surface area contributed by atoms with Crippen LogP contribution in [0, 0.1) is 0 Å². The first kappa shape index (κ1) is 14.4. The number of benzene rings is 1. The van der Waals surface area contributed by atoms with Gasteiger partial charge in [0.15, 0.2) is 0 Å². The number of likely N-dealkylation sites (tertiary alicyclic amines) is 1. The van der Waals surface area contributed by atoms with Crippen molar-refractivity contribution in [2.24, 2.45) is 0 Å². The minimum Gasteiger partial charge on any atom is -0.342 e. The van der Waals surface area contributed by atoms with E-state index in [1.54, 1.807) is 29.2 Å². The van der Waals surface area contributed by atoms with Crippen LogP contribution in [0.2, 0.25) is 0 Å². The highest BCUT2D eigenvalue weighted by Gasteiger charge is 2.35. The Kier molecular flexibility index (Phi) is 3.75. The third-order valence-electron chi connectivity index (χ3n) is 4.10. The molecule has 0 unspecified atom stereocenters. The van der Waals surface area contributed by atoms with E-state index in [0.29, 0.717) is 37.1 Å². The molecular weight excluding hydrogens is 284 g/mol. The second-order valence-corrected chi connectivity index (χ2v) is 5.48. The van der Waals surface area contributed by atoms with Gasteiger partial charge < -0.3 is 4.90 Å². The molecule has 1 fully saturated rings.